The number of imidazole rings is 1. The normalized spacial score (nSPS) is 12.9. The minimum absolute atomic E-state index is 0.0223. The lowest BCUT2D eigenvalue weighted by atomic mass is 9.92. The molecule has 0 saturated heterocycles. The highest BCUT2D eigenvalue weighted by Gasteiger charge is 2.34. The van der Waals surface area contributed by atoms with Crippen LogP contribution >= 0.6 is 18.9 Å². The zero-order chi connectivity index (χ0) is 30.4. The first-order valence-electron chi connectivity index (χ1n) is 12.5. The second-order valence-electron chi connectivity index (χ2n) is 8.94. The molecule has 0 radical (unpaired) electrons. The van der Waals surface area contributed by atoms with Gasteiger partial charge in [-0.3, -0.25) is 9.36 Å². The van der Waals surface area contributed by atoms with Crippen molar-refractivity contribution in [1.29, 1.82) is 0 Å². The molecule has 222 valence electrons. The van der Waals surface area contributed by atoms with Gasteiger partial charge >= 0.3 is 19.3 Å². The molecule has 0 aliphatic rings. The number of esters is 1. The largest absolute Gasteiger partial charge is 0.493 e. The third-order valence-electron chi connectivity index (χ3n) is 6.47. The van der Waals surface area contributed by atoms with Crippen LogP contribution in [0.2, 0.25) is 0 Å². The molecule has 3 N–H and O–H groups in total. The smallest absolute Gasteiger partial charge is 0.367 e. The molecular weight excluding hydrogens is 587 g/mol. The molecule has 2 heterocycles. The maximum atomic E-state index is 13.7. The summed E-state index contributed by atoms with van der Waals surface area (Å²) < 4.78 is 33.1. The fourth-order valence-corrected chi connectivity index (χ4v) is 5.52. The first-order chi connectivity index (χ1) is 20.1. The van der Waals surface area contributed by atoms with Crippen molar-refractivity contribution in [2.24, 2.45) is 0 Å². The van der Waals surface area contributed by atoms with Crippen LogP contribution < -0.4 is 15.7 Å². The molecule has 2 aromatic carbocycles. The van der Waals surface area contributed by atoms with Gasteiger partial charge in [0.25, 0.3) is 0 Å². The van der Waals surface area contributed by atoms with Gasteiger partial charge in [-0.05, 0) is 29.8 Å². The zero-order valence-corrected chi connectivity index (χ0v) is 24.8. The number of carbonyl (C=O) groups is 2. The number of ether oxygens (including phenoxy) is 2. The third-order valence-corrected chi connectivity index (χ3v) is 8.78. The summed E-state index contributed by atoms with van der Waals surface area (Å²) in [5.41, 5.74) is 0.542. The Morgan fingerprint density at radius 3 is 2.38 bits per heavy atom. The Bertz CT molecular complexity index is 1640. The van der Waals surface area contributed by atoms with E-state index in [1.54, 1.807) is 43.3 Å². The van der Waals surface area contributed by atoms with E-state index in [2.05, 4.69) is 20.0 Å². The summed E-state index contributed by atoms with van der Waals surface area (Å²) in [7, 11) is 0.335. The number of benzene rings is 2. The lowest BCUT2D eigenvalue weighted by molar-refractivity contribution is -0.120. The van der Waals surface area contributed by atoms with Gasteiger partial charge in [0.15, 0.2) is 17.2 Å². The number of rotatable bonds is 12. The SMILES string of the molecule is COC(=O)c1csc(NC(=O)[C@H]([C@@H](C)c2ccccc2)n2c(O)c(-c3ccc(OCP(=O)(OC)OC)cc3)[nH]c2=O)n1. The van der Waals surface area contributed by atoms with Crippen molar-refractivity contribution < 1.29 is 37.8 Å². The van der Waals surface area contributed by atoms with E-state index in [0.29, 0.717) is 11.3 Å². The first-order valence-corrected chi connectivity index (χ1v) is 15.1. The van der Waals surface area contributed by atoms with E-state index < -0.39 is 43.0 Å². The van der Waals surface area contributed by atoms with E-state index >= 15 is 0 Å². The number of aromatic nitrogens is 3. The molecule has 0 aliphatic carbocycles. The summed E-state index contributed by atoms with van der Waals surface area (Å²) in [6.07, 6.45) is -0.313. The van der Waals surface area contributed by atoms with Crippen molar-refractivity contribution in [3.8, 4) is 22.9 Å². The van der Waals surface area contributed by atoms with Crippen LogP contribution in [0, 0.1) is 0 Å². The zero-order valence-electron chi connectivity index (χ0n) is 23.1. The molecular formula is C27H29N4O9PS. The number of anilines is 1. The molecule has 15 heteroatoms. The molecule has 0 bridgehead atoms. The molecule has 0 fully saturated rings. The number of aromatic hydroxyl groups is 1. The fourth-order valence-electron chi connectivity index (χ4n) is 4.17. The standard InChI is InChI=1S/C27H29N4O9PS/c1-16(17-8-6-5-7-9-17)22(23(32)30-26-28-20(14-42-26)25(34)37-2)31-24(33)21(29-27(31)35)18-10-12-19(13-11-18)40-15-41(36,38-3)39-4/h5-14,16,22,33H,15H2,1-4H3,(H,29,35)(H,28,30,32)/t16-,22-/m0/s1. The van der Waals surface area contributed by atoms with Gasteiger partial charge in [0.05, 0.1) is 7.11 Å². The number of amides is 1. The number of hydrogen-bond donors (Lipinski definition) is 3. The highest BCUT2D eigenvalue weighted by Crippen LogP contribution is 2.46. The van der Waals surface area contributed by atoms with E-state index in [9.17, 15) is 24.1 Å². The Hall–Kier alpha value is -4.23. The van der Waals surface area contributed by atoms with Crippen molar-refractivity contribution in [2.75, 3.05) is 33.0 Å². The molecule has 0 spiro atoms. The van der Waals surface area contributed by atoms with Crippen LogP contribution in [0.15, 0.2) is 64.8 Å². The number of nitrogens with one attached hydrogen (secondary N) is 2. The van der Waals surface area contributed by atoms with Crippen molar-refractivity contribution in [3.63, 3.8) is 0 Å². The molecule has 42 heavy (non-hydrogen) atoms. The summed E-state index contributed by atoms with van der Waals surface area (Å²) in [6.45, 7) is 1.75. The van der Waals surface area contributed by atoms with Gasteiger partial charge in [0.2, 0.25) is 11.8 Å². The Morgan fingerprint density at radius 1 is 1.10 bits per heavy atom. The predicted molar refractivity (Wildman–Crippen MR) is 155 cm³/mol. The molecule has 13 nitrogen and oxygen atoms in total. The Balaban J connectivity index is 1.67. The number of carbonyl (C=O) groups excluding carboxylic acids is 2. The van der Waals surface area contributed by atoms with Crippen LogP contribution in [-0.4, -0.2) is 59.2 Å². The number of methoxy groups -OCH3 is 1. The minimum Gasteiger partial charge on any atom is -0.493 e. The minimum atomic E-state index is -3.39. The van der Waals surface area contributed by atoms with E-state index in [1.165, 1.54) is 26.7 Å². The predicted octanol–water partition coefficient (Wildman–Crippen LogP) is 4.60. The maximum absolute atomic E-state index is 13.7. The summed E-state index contributed by atoms with van der Waals surface area (Å²) in [4.78, 5) is 45.5. The van der Waals surface area contributed by atoms with E-state index in [-0.39, 0.29) is 22.9 Å². The Kier molecular flexibility index (Phi) is 9.63. The third kappa shape index (κ3) is 6.63. The topological polar surface area (TPSA) is 171 Å². The molecule has 2 aromatic heterocycles. The van der Waals surface area contributed by atoms with Gasteiger partial charge in [-0.15, -0.1) is 11.3 Å². The van der Waals surface area contributed by atoms with Gasteiger partial charge < -0.3 is 33.9 Å². The summed E-state index contributed by atoms with van der Waals surface area (Å²) >= 11 is 1.01. The monoisotopic (exact) mass is 616 g/mol. The van der Waals surface area contributed by atoms with Crippen LogP contribution in [0.5, 0.6) is 11.6 Å². The molecule has 4 aromatic rings. The lowest BCUT2D eigenvalue weighted by Gasteiger charge is -2.24. The maximum Gasteiger partial charge on any atom is 0.367 e. The molecule has 2 atom stereocenters. The van der Waals surface area contributed by atoms with Crippen LogP contribution in [0.4, 0.5) is 5.13 Å². The number of H-pyrrole nitrogens is 1. The molecule has 0 saturated carbocycles. The van der Waals surface area contributed by atoms with Crippen molar-refractivity contribution >= 4 is 35.9 Å². The number of aromatic amines is 1. The van der Waals surface area contributed by atoms with Gasteiger partial charge in [-0.1, -0.05) is 37.3 Å². The van der Waals surface area contributed by atoms with Gasteiger partial charge in [-0.2, -0.15) is 0 Å². The highest BCUT2D eigenvalue weighted by atomic mass is 32.1. The summed E-state index contributed by atoms with van der Waals surface area (Å²) in [5.74, 6) is -1.99. The van der Waals surface area contributed by atoms with Gasteiger partial charge in [0.1, 0.15) is 17.5 Å². The number of nitrogens with zero attached hydrogens (tertiary/aromatic N) is 2. The molecule has 1 amide bonds. The average Bonchev–Trinajstić information content (AvgIpc) is 3.60. The Labute approximate surface area is 244 Å². The summed E-state index contributed by atoms with van der Waals surface area (Å²) in [6, 6.07) is 14.1. The summed E-state index contributed by atoms with van der Waals surface area (Å²) in [5, 5.41) is 15.5. The Morgan fingerprint density at radius 2 is 1.76 bits per heavy atom. The van der Waals surface area contributed by atoms with Crippen molar-refractivity contribution in [3.05, 3.63) is 81.7 Å². The second kappa shape index (κ2) is 13.2. The van der Waals surface area contributed by atoms with Crippen LogP contribution in [-0.2, 0) is 23.1 Å². The second-order valence-corrected chi connectivity index (χ2v) is 12.0. The average molecular weight is 617 g/mol. The number of thiazole rings is 1. The van der Waals surface area contributed by atoms with Crippen LogP contribution in [0.25, 0.3) is 11.3 Å². The first kappa shape index (κ1) is 30.7. The van der Waals surface area contributed by atoms with E-state index in [1.807, 2.05) is 18.2 Å². The van der Waals surface area contributed by atoms with E-state index in [4.69, 9.17) is 13.8 Å². The molecule has 4 rings (SSSR count). The fraction of sp³-hybridized carbons (Fsp3) is 0.259. The van der Waals surface area contributed by atoms with E-state index in [0.717, 1.165) is 21.5 Å². The van der Waals surface area contributed by atoms with Gasteiger partial charge in [-0.25, -0.2) is 19.1 Å². The molecule has 0 unspecified atom stereocenters. The lowest BCUT2D eigenvalue weighted by Crippen LogP contribution is -2.35. The van der Waals surface area contributed by atoms with Crippen LogP contribution in [0.3, 0.4) is 0 Å². The van der Waals surface area contributed by atoms with Crippen molar-refractivity contribution in [1.82, 2.24) is 14.5 Å². The number of hydrogen-bond acceptors (Lipinski definition) is 11. The van der Waals surface area contributed by atoms with Crippen LogP contribution in [0.1, 0.15) is 34.9 Å². The van der Waals surface area contributed by atoms with Gasteiger partial charge in [0, 0.05) is 31.1 Å². The van der Waals surface area contributed by atoms with Crippen molar-refractivity contribution in [2.45, 2.75) is 18.9 Å². The highest BCUT2D eigenvalue weighted by molar-refractivity contribution is 7.53. The molecule has 0 aliphatic heterocycles. The quantitative estimate of drug-likeness (QED) is 0.151.